The summed E-state index contributed by atoms with van der Waals surface area (Å²) in [6.07, 6.45) is -3.36. The van der Waals surface area contributed by atoms with Crippen molar-refractivity contribution < 1.29 is 26.3 Å². The highest BCUT2D eigenvalue weighted by Crippen LogP contribution is 2.23. The maximum atomic E-state index is 11.7. The average molecular weight is 242 g/mol. The fourth-order valence-corrected chi connectivity index (χ4v) is 1.23. The number of sulfonamides is 1. The van der Waals surface area contributed by atoms with Crippen molar-refractivity contribution in [1.29, 1.82) is 0 Å². The maximum Gasteiger partial charge on any atom is 0.573 e. The smallest absolute Gasteiger partial charge is 0.404 e. The molecule has 1 heterocycles. The monoisotopic (exact) mass is 242 g/mol. The number of nitrogens with two attached hydrogens (primary N) is 1. The fourth-order valence-electron chi connectivity index (χ4n) is 0.744. The largest absolute Gasteiger partial charge is 0.573 e. The van der Waals surface area contributed by atoms with Gasteiger partial charge in [0.05, 0.1) is 6.20 Å². The van der Waals surface area contributed by atoms with Crippen molar-refractivity contribution in [2.75, 3.05) is 0 Å². The molecule has 2 N–H and O–H groups in total. The second-order valence-corrected chi connectivity index (χ2v) is 4.01. The molecule has 0 atom stereocenters. The van der Waals surface area contributed by atoms with E-state index in [1.165, 1.54) is 0 Å². The van der Waals surface area contributed by atoms with Crippen molar-refractivity contribution in [2.45, 2.75) is 11.3 Å². The number of rotatable bonds is 2. The molecule has 0 aliphatic carbocycles. The second kappa shape index (κ2) is 3.66. The number of pyridine rings is 1. The summed E-state index contributed by atoms with van der Waals surface area (Å²) in [6, 6.07) is 0.635. The van der Waals surface area contributed by atoms with Crippen LogP contribution in [0.1, 0.15) is 0 Å². The lowest BCUT2D eigenvalue weighted by Gasteiger charge is -2.08. The lowest BCUT2D eigenvalue weighted by atomic mass is 10.5. The van der Waals surface area contributed by atoms with Crippen molar-refractivity contribution in [2.24, 2.45) is 5.14 Å². The molecular formula is C6H5F3N2O3S. The number of halogens is 3. The van der Waals surface area contributed by atoms with Gasteiger partial charge >= 0.3 is 6.36 Å². The molecule has 0 saturated heterocycles. The summed E-state index contributed by atoms with van der Waals surface area (Å²) in [7, 11) is -4.09. The SMILES string of the molecule is NS(=O)(=O)c1cncc(OC(F)(F)F)c1. The van der Waals surface area contributed by atoms with E-state index in [0.717, 1.165) is 12.4 Å². The van der Waals surface area contributed by atoms with Gasteiger partial charge in [0, 0.05) is 12.3 Å². The Labute approximate surface area is 82.7 Å². The minimum Gasteiger partial charge on any atom is -0.404 e. The second-order valence-electron chi connectivity index (χ2n) is 2.45. The zero-order chi connectivity index (χ0) is 11.7. The zero-order valence-electron chi connectivity index (χ0n) is 7.02. The summed E-state index contributed by atoms with van der Waals surface area (Å²) >= 11 is 0. The summed E-state index contributed by atoms with van der Waals surface area (Å²) in [5.74, 6) is -0.742. The van der Waals surface area contributed by atoms with Gasteiger partial charge in [-0.1, -0.05) is 0 Å². The van der Waals surface area contributed by atoms with Crippen LogP contribution in [-0.4, -0.2) is 19.8 Å². The zero-order valence-corrected chi connectivity index (χ0v) is 7.84. The van der Waals surface area contributed by atoms with E-state index in [9.17, 15) is 21.6 Å². The van der Waals surface area contributed by atoms with Crippen LogP contribution in [0.15, 0.2) is 23.4 Å². The molecule has 0 spiro atoms. The molecule has 1 rings (SSSR count). The third-order valence-corrected chi connectivity index (χ3v) is 2.13. The van der Waals surface area contributed by atoms with Gasteiger partial charge in [-0.2, -0.15) is 0 Å². The van der Waals surface area contributed by atoms with Crippen molar-refractivity contribution in [3.05, 3.63) is 18.5 Å². The Morgan fingerprint density at radius 2 is 1.93 bits per heavy atom. The van der Waals surface area contributed by atoms with Gasteiger partial charge in [-0.05, 0) is 0 Å². The molecule has 0 amide bonds. The van der Waals surface area contributed by atoms with Crippen LogP contribution in [0.5, 0.6) is 5.75 Å². The van der Waals surface area contributed by atoms with E-state index in [1.54, 1.807) is 0 Å². The van der Waals surface area contributed by atoms with Gasteiger partial charge < -0.3 is 4.74 Å². The number of primary sulfonamides is 1. The molecule has 0 unspecified atom stereocenters. The first-order chi connectivity index (χ1) is 6.68. The topological polar surface area (TPSA) is 82.3 Å². The molecule has 1 aromatic heterocycles. The first kappa shape index (κ1) is 11.7. The predicted molar refractivity (Wildman–Crippen MR) is 42.3 cm³/mol. The lowest BCUT2D eigenvalue weighted by Crippen LogP contribution is -2.18. The number of ether oxygens (including phenoxy) is 1. The highest BCUT2D eigenvalue weighted by molar-refractivity contribution is 7.89. The molecule has 0 fully saturated rings. The molecule has 0 aliphatic rings. The fraction of sp³-hybridized carbons (Fsp3) is 0.167. The van der Waals surface area contributed by atoms with E-state index < -0.39 is 27.0 Å². The molecular weight excluding hydrogens is 237 g/mol. The van der Waals surface area contributed by atoms with Gasteiger partial charge in [0.25, 0.3) is 0 Å². The summed E-state index contributed by atoms with van der Waals surface area (Å²) < 4.78 is 60.2. The van der Waals surface area contributed by atoms with Gasteiger partial charge in [0.15, 0.2) is 0 Å². The van der Waals surface area contributed by atoms with Crippen molar-refractivity contribution in [3.8, 4) is 5.75 Å². The molecule has 0 bridgehead atoms. The van der Waals surface area contributed by atoms with E-state index in [0.29, 0.717) is 6.07 Å². The molecule has 0 saturated carbocycles. The van der Waals surface area contributed by atoms with Crippen LogP contribution in [0.2, 0.25) is 0 Å². The predicted octanol–water partition coefficient (Wildman–Crippen LogP) is 0.628. The molecule has 0 aromatic carbocycles. The summed E-state index contributed by atoms with van der Waals surface area (Å²) in [5, 5.41) is 4.68. The van der Waals surface area contributed by atoms with Crippen molar-refractivity contribution >= 4 is 10.0 Å². The van der Waals surface area contributed by atoms with Crippen molar-refractivity contribution in [3.63, 3.8) is 0 Å². The Balaban J connectivity index is 3.04. The molecule has 0 aliphatic heterocycles. The Kier molecular flexibility index (Phi) is 2.86. The summed E-state index contributed by atoms with van der Waals surface area (Å²) in [5.41, 5.74) is 0. The van der Waals surface area contributed by atoms with E-state index in [1.807, 2.05) is 0 Å². The summed E-state index contributed by atoms with van der Waals surface area (Å²) in [4.78, 5) is 2.70. The third-order valence-electron chi connectivity index (χ3n) is 1.25. The Morgan fingerprint density at radius 1 is 1.33 bits per heavy atom. The minimum atomic E-state index is -4.90. The van der Waals surface area contributed by atoms with Crippen LogP contribution < -0.4 is 9.88 Å². The Bertz CT molecular complexity index is 457. The number of aromatic nitrogens is 1. The highest BCUT2D eigenvalue weighted by Gasteiger charge is 2.31. The number of hydrogen-bond acceptors (Lipinski definition) is 4. The van der Waals surface area contributed by atoms with Crippen LogP contribution in [0.4, 0.5) is 13.2 Å². The molecule has 5 nitrogen and oxygen atoms in total. The molecule has 9 heteroatoms. The molecule has 84 valence electrons. The number of hydrogen-bond donors (Lipinski definition) is 1. The van der Waals surface area contributed by atoms with Gasteiger partial charge in [0.1, 0.15) is 10.6 Å². The van der Waals surface area contributed by atoms with E-state index >= 15 is 0 Å². The van der Waals surface area contributed by atoms with Gasteiger partial charge in [-0.25, -0.2) is 13.6 Å². The van der Waals surface area contributed by atoms with Crippen LogP contribution >= 0.6 is 0 Å². The highest BCUT2D eigenvalue weighted by atomic mass is 32.2. The lowest BCUT2D eigenvalue weighted by molar-refractivity contribution is -0.274. The third kappa shape index (κ3) is 3.72. The van der Waals surface area contributed by atoms with Crippen LogP contribution in [0.3, 0.4) is 0 Å². The standard InChI is InChI=1S/C6H5F3N2O3S/c7-6(8,9)14-4-1-5(3-11-2-4)15(10,12)13/h1-3H,(H2,10,12,13). The van der Waals surface area contributed by atoms with E-state index in [-0.39, 0.29) is 0 Å². The maximum absolute atomic E-state index is 11.7. The Hall–Kier alpha value is -1.35. The van der Waals surface area contributed by atoms with Gasteiger partial charge in [0.2, 0.25) is 10.0 Å². The number of nitrogens with zero attached hydrogens (tertiary/aromatic N) is 1. The molecule has 15 heavy (non-hydrogen) atoms. The van der Waals surface area contributed by atoms with Crippen molar-refractivity contribution in [1.82, 2.24) is 4.98 Å². The Morgan fingerprint density at radius 3 is 2.40 bits per heavy atom. The quantitative estimate of drug-likeness (QED) is 0.824. The normalized spacial score (nSPS) is 12.5. The van der Waals surface area contributed by atoms with E-state index in [2.05, 4.69) is 14.9 Å². The van der Waals surface area contributed by atoms with Gasteiger partial charge in [-0.15, -0.1) is 13.2 Å². The molecule has 1 aromatic rings. The van der Waals surface area contributed by atoms with E-state index in [4.69, 9.17) is 0 Å². The minimum absolute atomic E-state index is 0.552. The first-order valence-corrected chi connectivity index (χ1v) is 4.97. The van der Waals surface area contributed by atoms with Gasteiger partial charge in [-0.3, -0.25) is 4.98 Å². The summed E-state index contributed by atoms with van der Waals surface area (Å²) in [6.45, 7) is 0. The van der Waals surface area contributed by atoms with Crippen LogP contribution in [0.25, 0.3) is 0 Å². The molecule has 0 radical (unpaired) electrons. The number of alkyl halides is 3. The van der Waals surface area contributed by atoms with Crippen LogP contribution in [-0.2, 0) is 10.0 Å². The van der Waals surface area contributed by atoms with Crippen LogP contribution in [0, 0.1) is 0 Å². The average Bonchev–Trinajstić information content (AvgIpc) is 1.99. The first-order valence-electron chi connectivity index (χ1n) is 3.42.